The van der Waals surface area contributed by atoms with Crippen molar-refractivity contribution < 1.29 is 18.9 Å². The molecular formula is C25H21ClN2O4. The molecule has 0 spiro atoms. The zero-order valence-corrected chi connectivity index (χ0v) is 18.5. The predicted octanol–water partition coefficient (Wildman–Crippen LogP) is 5.96. The molecule has 1 aromatic heterocycles. The second kappa shape index (κ2) is 9.63. The van der Waals surface area contributed by atoms with Crippen LogP contribution in [0.3, 0.4) is 0 Å². The highest BCUT2D eigenvalue weighted by atomic mass is 35.5. The molecule has 0 atom stereocenters. The molecule has 6 nitrogen and oxygen atoms in total. The number of allylic oxidation sites excluding steroid dienone is 1. The van der Waals surface area contributed by atoms with Gasteiger partial charge in [0.05, 0.1) is 12.8 Å². The van der Waals surface area contributed by atoms with Crippen LogP contribution in [0.25, 0.3) is 17.2 Å². The molecule has 162 valence electrons. The summed E-state index contributed by atoms with van der Waals surface area (Å²) in [7, 11) is 1.61. The van der Waals surface area contributed by atoms with Crippen LogP contribution in [0, 0.1) is 11.3 Å². The maximum atomic E-state index is 10.1. The van der Waals surface area contributed by atoms with Gasteiger partial charge in [-0.1, -0.05) is 31.2 Å². The maximum Gasteiger partial charge on any atom is 0.238 e. The average molecular weight is 449 g/mol. The van der Waals surface area contributed by atoms with Crippen molar-refractivity contribution in [2.75, 3.05) is 19.8 Å². The average Bonchev–Trinajstić information content (AvgIpc) is 3.30. The maximum absolute atomic E-state index is 10.1. The lowest BCUT2D eigenvalue weighted by Crippen LogP contribution is -2.03. The number of nitriles is 1. The number of ether oxygens (including phenoxy) is 4. The Morgan fingerprint density at radius 3 is 2.56 bits per heavy atom. The van der Waals surface area contributed by atoms with Gasteiger partial charge in [0.1, 0.15) is 23.1 Å². The summed E-state index contributed by atoms with van der Waals surface area (Å²) in [6.45, 7) is 2.18. The van der Waals surface area contributed by atoms with E-state index >= 15 is 0 Å². The Balaban J connectivity index is 1.88. The second-order valence-electron chi connectivity index (χ2n) is 6.89. The topological polar surface area (TPSA) is 73.6 Å². The first-order valence-electron chi connectivity index (χ1n) is 10.1. The Hall–Kier alpha value is -3.69. The van der Waals surface area contributed by atoms with E-state index in [1.54, 1.807) is 25.3 Å². The fraction of sp³-hybridized carbons (Fsp3) is 0.200. The van der Waals surface area contributed by atoms with Crippen molar-refractivity contribution in [1.29, 1.82) is 5.26 Å². The van der Waals surface area contributed by atoms with Gasteiger partial charge in [-0.3, -0.25) is 0 Å². The highest BCUT2D eigenvalue weighted by Gasteiger charge is 2.22. The number of methoxy groups -OCH3 is 1. The smallest absolute Gasteiger partial charge is 0.238 e. The number of pyridine rings is 1. The molecule has 0 radical (unpaired) electrons. The van der Waals surface area contributed by atoms with Crippen molar-refractivity contribution in [3.8, 4) is 46.1 Å². The van der Waals surface area contributed by atoms with E-state index in [-0.39, 0.29) is 12.7 Å². The van der Waals surface area contributed by atoms with Crippen LogP contribution in [0.5, 0.6) is 28.9 Å². The van der Waals surface area contributed by atoms with E-state index in [0.717, 1.165) is 28.1 Å². The van der Waals surface area contributed by atoms with Gasteiger partial charge in [-0.15, -0.1) is 11.6 Å². The normalized spacial score (nSPS) is 12.1. The van der Waals surface area contributed by atoms with Crippen molar-refractivity contribution in [3.05, 3.63) is 65.4 Å². The first-order chi connectivity index (χ1) is 15.7. The molecule has 0 fully saturated rings. The van der Waals surface area contributed by atoms with Gasteiger partial charge >= 0.3 is 0 Å². The zero-order chi connectivity index (χ0) is 22.5. The molecule has 4 rings (SSSR count). The minimum atomic E-state index is 0.170. The highest BCUT2D eigenvalue weighted by molar-refractivity contribution is 6.19. The molecule has 0 aliphatic carbocycles. The molecule has 7 heteroatoms. The van der Waals surface area contributed by atoms with Crippen LogP contribution in [-0.4, -0.2) is 24.8 Å². The van der Waals surface area contributed by atoms with E-state index < -0.39 is 0 Å². The van der Waals surface area contributed by atoms with Gasteiger partial charge in [0, 0.05) is 23.1 Å². The number of hydrogen-bond donors (Lipinski definition) is 0. The summed E-state index contributed by atoms with van der Waals surface area (Å²) in [6, 6.07) is 15.1. The first-order valence-corrected chi connectivity index (χ1v) is 10.6. The Bertz CT molecular complexity index is 1200. The lowest BCUT2D eigenvalue weighted by molar-refractivity contribution is 0.174. The van der Waals surface area contributed by atoms with Crippen LogP contribution in [0.4, 0.5) is 0 Å². The summed E-state index contributed by atoms with van der Waals surface area (Å²) in [5.74, 6) is 3.06. The van der Waals surface area contributed by atoms with Crippen LogP contribution < -0.4 is 18.9 Å². The number of aryl methyl sites for hydroxylation is 1. The Labute approximate surface area is 191 Å². The molecule has 0 saturated carbocycles. The summed E-state index contributed by atoms with van der Waals surface area (Å²) in [6.07, 6.45) is 4.39. The summed E-state index contributed by atoms with van der Waals surface area (Å²) in [5, 5.41) is 10.1. The number of alkyl halides is 1. The van der Waals surface area contributed by atoms with E-state index in [0.29, 0.717) is 35.1 Å². The quantitative estimate of drug-likeness (QED) is 0.415. The number of hydrogen-bond acceptors (Lipinski definition) is 6. The second-order valence-corrected chi connectivity index (χ2v) is 7.20. The zero-order valence-electron chi connectivity index (χ0n) is 17.7. The van der Waals surface area contributed by atoms with Gasteiger partial charge in [-0.05, 0) is 36.2 Å². The van der Waals surface area contributed by atoms with Crippen LogP contribution in [0.1, 0.15) is 23.7 Å². The number of benzene rings is 2. The largest absolute Gasteiger partial charge is 0.497 e. The SMILES string of the molecule is CCc1nc(Oc2ccc3c(c2)OCO3)c(C#N)c(-c2ccc(OC)cc2)c1C=CCCl. The van der Waals surface area contributed by atoms with E-state index in [2.05, 4.69) is 11.1 Å². The molecule has 0 amide bonds. The Morgan fingerprint density at radius 1 is 1.12 bits per heavy atom. The number of nitrogens with zero attached hydrogens (tertiary/aromatic N) is 2. The van der Waals surface area contributed by atoms with Gasteiger partial charge in [-0.2, -0.15) is 5.26 Å². The van der Waals surface area contributed by atoms with Crippen molar-refractivity contribution in [1.82, 2.24) is 4.98 Å². The van der Waals surface area contributed by atoms with Crippen molar-refractivity contribution in [2.45, 2.75) is 13.3 Å². The van der Waals surface area contributed by atoms with Gasteiger partial charge < -0.3 is 18.9 Å². The summed E-state index contributed by atoms with van der Waals surface area (Å²) in [5.41, 5.74) is 3.56. The number of aromatic nitrogens is 1. The van der Waals surface area contributed by atoms with Crippen molar-refractivity contribution in [3.63, 3.8) is 0 Å². The van der Waals surface area contributed by atoms with Crippen molar-refractivity contribution >= 4 is 17.7 Å². The van der Waals surface area contributed by atoms with Crippen LogP contribution in [0.2, 0.25) is 0 Å². The minimum Gasteiger partial charge on any atom is -0.497 e. The summed E-state index contributed by atoms with van der Waals surface area (Å²) < 4.78 is 22.2. The van der Waals surface area contributed by atoms with Crippen molar-refractivity contribution in [2.24, 2.45) is 0 Å². The number of halogens is 1. The van der Waals surface area contributed by atoms with Gasteiger partial charge in [0.25, 0.3) is 0 Å². The molecule has 32 heavy (non-hydrogen) atoms. The molecule has 1 aliphatic rings. The molecule has 3 aromatic rings. The van der Waals surface area contributed by atoms with E-state index in [1.165, 1.54) is 0 Å². The Morgan fingerprint density at radius 2 is 1.88 bits per heavy atom. The lowest BCUT2D eigenvalue weighted by Gasteiger charge is -2.17. The molecular weight excluding hydrogens is 428 g/mol. The summed E-state index contributed by atoms with van der Waals surface area (Å²) in [4.78, 5) is 4.69. The van der Waals surface area contributed by atoms with Crippen LogP contribution in [-0.2, 0) is 6.42 Å². The van der Waals surface area contributed by atoms with E-state index in [4.69, 9.17) is 30.5 Å². The van der Waals surface area contributed by atoms with Gasteiger partial charge in [0.2, 0.25) is 12.7 Å². The number of rotatable bonds is 7. The predicted molar refractivity (Wildman–Crippen MR) is 123 cm³/mol. The van der Waals surface area contributed by atoms with Gasteiger partial charge in [0.15, 0.2) is 11.5 Å². The standard InChI is InChI=1S/C25H21ClN2O4/c1-3-21-19(5-4-12-26)24(16-6-8-17(29-2)9-7-16)20(14-27)25(28-21)32-18-10-11-22-23(13-18)31-15-30-22/h4-11,13H,3,12,15H2,1-2H3. The third-order valence-corrected chi connectivity index (χ3v) is 5.22. The molecule has 0 bridgehead atoms. The third-order valence-electron chi connectivity index (χ3n) is 5.04. The van der Waals surface area contributed by atoms with Gasteiger partial charge in [-0.25, -0.2) is 4.98 Å². The molecule has 0 unspecified atom stereocenters. The first kappa shape index (κ1) is 21.5. The molecule has 1 aliphatic heterocycles. The fourth-order valence-corrected chi connectivity index (χ4v) is 3.61. The van der Waals surface area contributed by atoms with Crippen LogP contribution in [0.15, 0.2) is 48.5 Å². The Kier molecular flexibility index (Phi) is 6.48. The molecule has 2 heterocycles. The summed E-state index contributed by atoms with van der Waals surface area (Å²) >= 11 is 5.91. The lowest BCUT2D eigenvalue weighted by atomic mass is 9.93. The highest BCUT2D eigenvalue weighted by Crippen LogP contribution is 2.40. The molecule has 0 saturated heterocycles. The number of fused-ring (bicyclic) bond motifs is 1. The molecule has 2 aromatic carbocycles. The monoisotopic (exact) mass is 448 g/mol. The van der Waals surface area contributed by atoms with E-state index in [1.807, 2.05) is 43.3 Å². The van der Waals surface area contributed by atoms with Crippen LogP contribution >= 0.6 is 11.6 Å². The van der Waals surface area contributed by atoms with E-state index in [9.17, 15) is 5.26 Å². The fourth-order valence-electron chi connectivity index (χ4n) is 3.52. The minimum absolute atomic E-state index is 0.170. The molecule has 0 N–H and O–H groups in total. The third kappa shape index (κ3) is 4.20.